The number of hydrogen-bond donors (Lipinski definition) is 1. The predicted octanol–water partition coefficient (Wildman–Crippen LogP) is 5.47. The molecule has 2 N–H and O–H groups in total. The molecule has 0 spiro atoms. The molecule has 3 heterocycles. The third-order valence-corrected chi connectivity index (χ3v) is 6.01. The van der Waals surface area contributed by atoms with Crippen molar-refractivity contribution in [1.82, 2.24) is 24.6 Å². The summed E-state index contributed by atoms with van der Waals surface area (Å²) in [5, 5.41) is 6.39. The van der Waals surface area contributed by atoms with Crippen LogP contribution in [0, 0.1) is 0 Å². The molecule has 2 aromatic carbocycles. The third-order valence-electron chi connectivity index (χ3n) is 5.69. The molecule has 6 nitrogen and oxygen atoms in total. The van der Waals surface area contributed by atoms with Gasteiger partial charge in [-0.05, 0) is 24.1 Å². The Bertz CT molecular complexity index is 1360. The molecule has 0 saturated heterocycles. The SMILES string of the molecule is C=C1c2c(Cl)cccc2C=C(Cn2nc(-c3ccccc3)c3c(N)ncnc32)N1CCC. The maximum absolute atomic E-state index is 6.51. The van der Waals surface area contributed by atoms with Crippen LogP contribution in [0.1, 0.15) is 24.5 Å². The lowest BCUT2D eigenvalue weighted by Gasteiger charge is -2.34. The lowest BCUT2D eigenvalue weighted by molar-refractivity contribution is 0.447. The number of benzene rings is 2. The Hall–Kier alpha value is -3.64. The number of nitrogen functional groups attached to an aromatic ring is 1. The van der Waals surface area contributed by atoms with E-state index in [0.29, 0.717) is 23.0 Å². The molecule has 1 aliphatic heterocycles. The molecule has 0 radical (unpaired) electrons. The Morgan fingerprint density at radius 1 is 1.06 bits per heavy atom. The molecule has 0 atom stereocenters. The fraction of sp³-hybridized carbons (Fsp3) is 0.160. The first-order valence-electron chi connectivity index (χ1n) is 10.6. The summed E-state index contributed by atoms with van der Waals surface area (Å²) >= 11 is 6.51. The van der Waals surface area contributed by atoms with Gasteiger partial charge in [0.15, 0.2) is 5.65 Å². The summed E-state index contributed by atoms with van der Waals surface area (Å²) in [6.45, 7) is 7.86. The van der Waals surface area contributed by atoms with Crippen LogP contribution in [0.5, 0.6) is 0 Å². The van der Waals surface area contributed by atoms with Crippen molar-refractivity contribution in [2.45, 2.75) is 19.9 Å². The van der Waals surface area contributed by atoms with Crippen molar-refractivity contribution in [1.29, 1.82) is 0 Å². The van der Waals surface area contributed by atoms with E-state index >= 15 is 0 Å². The van der Waals surface area contributed by atoms with Gasteiger partial charge in [-0.25, -0.2) is 14.6 Å². The number of halogens is 1. The van der Waals surface area contributed by atoms with E-state index in [4.69, 9.17) is 22.4 Å². The molecule has 0 bridgehead atoms. The highest BCUT2D eigenvalue weighted by molar-refractivity contribution is 6.32. The van der Waals surface area contributed by atoms with Crippen LogP contribution in [-0.2, 0) is 6.54 Å². The third kappa shape index (κ3) is 3.33. The van der Waals surface area contributed by atoms with Gasteiger partial charge in [-0.2, -0.15) is 5.10 Å². The molecule has 2 aromatic heterocycles. The number of nitrogens with zero attached hydrogens (tertiary/aromatic N) is 5. The first-order valence-corrected chi connectivity index (χ1v) is 10.9. The molecule has 4 aromatic rings. The van der Waals surface area contributed by atoms with Gasteiger partial charge in [-0.15, -0.1) is 0 Å². The van der Waals surface area contributed by atoms with Crippen molar-refractivity contribution in [3.8, 4) is 11.3 Å². The number of allylic oxidation sites excluding steroid dienone is 1. The second-order valence-electron chi connectivity index (χ2n) is 7.77. The lowest BCUT2D eigenvalue weighted by Crippen LogP contribution is -2.28. The monoisotopic (exact) mass is 442 g/mol. The van der Waals surface area contributed by atoms with Crippen molar-refractivity contribution in [3.05, 3.63) is 83.3 Å². The number of aromatic nitrogens is 4. The van der Waals surface area contributed by atoms with E-state index in [2.05, 4.69) is 40.5 Å². The van der Waals surface area contributed by atoms with Gasteiger partial charge >= 0.3 is 0 Å². The average molecular weight is 443 g/mol. The van der Waals surface area contributed by atoms with E-state index in [0.717, 1.165) is 52.1 Å². The maximum Gasteiger partial charge on any atom is 0.164 e. The first kappa shape index (κ1) is 20.3. The normalized spacial score (nSPS) is 13.4. The lowest BCUT2D eigenvalue weighted by atomic mass is 9.98. The van der Waals surface area contributed by atoms with Gasteiger partial charge in [0.25, 0.3) is 0 Å². The van der Waals surface area contributed by atoms with Crippen molar-refractivity contribution in [2.75, 3.05) is 12.3 Å². The highest BCUT2D eigenvalue weighted by atomic mass is 35.5. The van der Waals surface area contributed by atoms with Crippen molar-refractivity contribution >= 4 is 40.2 Å². The Morgan fingerprint density at radius 3 is 2.66 bits per heavy atom. The molecule has 7 heteroatoms. The molecular weight excluding hydrogens is 420 g/mol. The smallest absolute Gasteiger partial charge is 0.164 e. The summed E-state index contributed by atoms with van der Waals surface area (Å²) in [6, 6.07) is 15.9. The van der Waals surface area contributed by atoms with Gasteiger partial charge in [-0.1, -0.05) is 67.6 Å². The summed E-state index contributed by atoms with van der Waals surface area (Å²) in [6.07, 6.45) is 4.61. The van der Waals surface area contributed by atoms with Crippen LogP contribution in [0.3, 0.4) is 0 Å². The molecule has 5 rings (SSSR count). The Kier molecular flexibility index (Phi) is 5.15. The quantitative estimate of drug-likeness (QED) is 0.444. The van der Waals surface area contributed by atoms with Crippen LogP contribution in [0.4, 0.5) is 5.82 Å². The molecule has 0 saturated carbocycles. The zero-order chi connectivity index (χ0) is 22.2. The summed E-state index contributed by atoms with van der Waals surface area (Å²) in [4.78, 5) is 10.9. The van der Waals surface area contributed by atoms with Crippen LogP contribution in [0.2, 0.25) is 5.02 Å². The van der Waals surface area contributed by atoms with Crippen LogP contribution in [0.15, 0.2) is 67.1 Å². The molecule has 32 heavy (non-hydrogen) atoms. The largest absolute Gasteiger partial charge is 0.383 e. The average Bonchev–Trinajstić information content (AvgIpc) is 3.17. The van der Waals surface area contributed by atoms with Gasteiger partial charge in [-0.3, -0.25) is 0 Å². The minimum Gasteiger partial charge on any atom is -0.383 e. The summed E-state index contributed by atoms with van der Waals surface area (Å²) < 4.78 is 1.90. The van der Waals surface area contributed by atoms with Gasteiger partial charge in [0, 0.05) is 29.1 Å². The van der Waals surface area contributed by atoms with Crippen LogP contribution < -0.4 is 5.73 Å². The minimum absolute atomic E-state index is 0.421. The van der Waals surface area contributed by atoms with Crippen molar-refractivity contribution < 1.29 is 0 Å². The maximum atomic E-state index is 6.51. The second kappa shape index (κ2) is 8.13. The zero-order valence-corrected chi connectivity index (χ0v) is 18.5. The summed E-state index contributed by atoms with van der Waals surface area (Å²) in [5.41, 5.74) is 12.7. The Morgan fingerprint density at radius 2 is 1.88 bits per heavy atom. The van der Waals surface area contributed by atoms with E-state index in [1.54, 1.807) is 0 Å². The van der Waals surface area contributed by atoms with E-state index in [1.807, 2.05) is 47.1 Å². The number of hydrogen-bond acceptors (Lipinski definition) is 5. The predicted molar refractivity (Wildman–Crippen MR) is 131 cm³/mol. The first-order chi connectivity index (χ1) is 15.6. The summed E-state index contributed by atoms with van der Waals surface area (Å²) in [5.74, 6) is 0.421. The molecule has 0 unspecified atom stereocenters. The van der Waals surface area contributed by atoms with Gasteiger partial charge in [0.1, 0.15) is 17.8 Å². The van der Waals surface area contributed by atoms with Crippen LogP contribution >= 0.6 is 11.6 Å². The van der Waals surface area contributed by atoms with Gasteiger partial charge in [0.2, 0.25) is 0 Å². The van der Waals surface area contributed by atoms with Crippen molar-refractivity contribution in [2.24, 2.45) is 0 Å². The van der Waals surface area contributed by atoms with Gasteiger partial charge < -0.3 is 10.6 Å². The fourth-order valence-corrected chi connectivity index (χ4v) is 4.55. The highest BCUT2D eigenvalue weighted by Gasteiger charge is 2.25. The fourth-order valence-electron chi connectivity index (χ4n) is 4.26. The minimum atomic E-state index is 0.421. The molecule has 0 aliphatic carbocycles. The van der Waals surface area contributed by atoms with E-state index in [-0.39, 0.29) is 0 Å². The summed E-state index contributed by atoms with van der Waals surface area (Å²) in [7, 11) is 0. The number of anilines is 1. The van der Waals surface area contributed by atoms with Crippen LogP contribution in [-0.4, -0.2) is 31.2 Å². The number of fused-ring (bicyclic) bond motifs is 2. The van der Waals surface area contributed by atoms with E-state index < -0.39 is 0 Å². The number of nitrogens with two attached hydrogens (primary N) is 1. The molecular formula is C25H23ClN6. The van der Waals surface area contributed by atoms with E-state index in [1.165, 1.54) is 6.33 Å². The molecule has 0 amide bonds. The van der Waals surface area contributed by atoms with Crippen LogP contribution in [0.25, 0.3) is 34.1 Å². The topological polar surface area (TPSA) is 72.9 Å². The van der Waals surface area contributed by atoms with E-state index in [9.17, 15) is 0 Å². The number of rotatable bonds is 5. The zero-order valence-electron chi connectivity index (χ0n) is 17.8. The van der Waals surface area contributed by atoms with Crippen molar-refractivity contribution in [3.63, 3.8) is 0 Å². The Balaban J connectivity index is 1.65. The highest BCUT2D eigenvalue weighted by Crippen LogP contribution is 2.38. The standard InChI is InChI=1S/C25H23ClN6/c1-3-12-31-16(2)21-18(10-7-11-20(21)26)13-19(31)14-32-25-22(24(27)28-15-29-25)23(30-32)17-8-5-4-6-9-17/h4-11,13,15H,2-3,12,14H2,1H3,(H2,27,28,29). The molecule has 1 aliphatic rings. The second-order valence-corrected chi connectivity index (χ2v) is 8.18. The molecule has 160 valence electrons. The van der Waals surface area contributed by atoms with Gasteiger partial charge in [0.05, 0.1) is 17.0 Å². The molecule has 0 fully saturated rings. The Labute approximate surface area is 191 Å².